The highest BCUT2D eigenvalue weighted by Crippen LogP contribution is 2.56. The zero-order chi connectivity index (χ0) is 13.6. The first-order valence-corrected chi connectivity index (χ1v) is 8.23. The summed E-state index contributed by atoms with van der Waals surface area (Å²) in [5.74, 6) is 4.00. The summed E-state index contributed by atoms with van der Waals surface area (Å²) in [6, 6.07) is 0. The van der Waals surface area contributed by atoms with Crippen LogP contribution >= 0.6 is 0 Å². The standard InChI is InChI=1S/C16H32B2/c1-11-12-7-5-6-8-13(11)10-14(9-12)16(17,18)15(2,3)4/h11-14H,5-10,17-18H2,1-4H3. The molecule has 2 unspecified atom stereocenters. The molecule has 18 heavy (non-hydrogen) atoms. The van der Waals surface area contributed by atoms with Gasteiger partial charge in [0.2, 0.25) is 0 Å². The van der Waals surface area contributed by atoms with Crippen molar-refractivity contribution in [2.45, 2.75) is 71.4 Å². The average Bonchev–Trinajstić information content (AvgIpc) is 2.36. The van der Waals surface area contributed by atoms with Gasteiger partial charge in [0.1, 0.15) is 15.7 Å². The Morgan fingerprint density at radius 3 is 1.72 bits per heavy atom. The maximum atomic E-state index is 2.54. The van der Waals surface area contributed by atoms with Gasteiger partial charge in [0.05, 0.1) is 0 Å². The fourth-order valence-corrected chi connectivity index (χ4v) is 4.42. The van der Waals surface area contributed by atoms with E-state index < -0.39 is 0 Å². The largest absolute Gasteiger partial charge is 0.100 e. The van der Waals surface area contributed by atoms with Crippen molar-refractivity contribution in [3.8, 4) is 0 Å². The molecule has 0 heterocycles. The first kappa shape index (κ1) is 14.5. The van der Waals surface area contributed by atoms with Crippen molar-refractivity contribution in [1.82, 2.24) is 0 Å². The lowest BCUT2D eigenvalue weighted by Gasteiger charge is -2.51. The Labute approximate surface area is 117 Å². The van der Waals surface area contributed by atoms with Crippen molar-refractivity contribution in [2.24, 2.45) is 29.1 Å². The van der Waals surface area contributed by atoms with Gasteiger partial charge in [-0.05, 0) is 41.9 Å². The molecule has 2 bridgehead atoms. The summed E-state index contributed by atoms with van der Waals surface area (Å²) in [5.41, 5.74) is 0.432. The van der Waals surface area contributed by atoms with Crippen molar-refractivity contribution in [2.75, 3.05) is 0 Å². The summed E-state index contributed by atoms with van der Waals surface area (Å²) in [7, 11) is 5.05. The normalized spacial score (nSPS) is 38.2. The molecule has 0 aromatic heterocycles. The molecule has 0 spiro atoms. The second kappa shape index (κ2) is 4.91. The smallest absolute Gasteiger partial charge is 0.0771 e. The highest BCUT2D eigenvalue weighted by atomic mass is 14.5. The summed E-state index contributed by atoms with van der Waals surface area (Å²) in [4.78, 5) is 0. The molecule has 2 fully saturated rings. The minimum Gasteiger partial charge on any atom is -0.0771 e. The summed E-state index contributed by atoms with van der Waals surface area (Å²) in [5, 5.41) is 0.480. The third-order valence-electron chi connectivity index (χ3n) is 7.02. The molecule has 2 rings (SSSR count). The number of hydrogen-bond acceptors (Lipinski definition) is 0. The predicted molar refractivity (Wildman–Crippen MR) is 86.6 cm³/mol. The lowest BCUT2D eigenvalue weighted by Crippen LogP contribution is -2.42. The predicted octanol–water partition coefficient (Wildman–Crippen LogP) is 3.27. The minimum absolute atomic E-state index is 0.432. The quantitative estimate of drug-likeness (QED) is 0.623. The van der Waals surface area contributed by atoms with E-state index >= 15 is 0 Å². The van der Waals surface area contributed by atoms with Crippen molar-refractivity contribution < 1.29 is 0 Å². The van der Waals surface area contributed by atoms with Crippen LogP contribution in [0.4, 0.5) is 0 Å². The monoisotopic (exact) mass is 246 g/mol. The highest BCUT2D eigenvalue weighted by molar-refractivity contribution is 6.40. The average molecular weight is 246 g/mol. The van der Waals surface area contributed by atoms with E-state index in [1.807, 2.05) is 0 Å². The minimum atomic E-state index is 0.432. The molecule has 0 nitrogen and oxygen atoms in total. The molecule has 0 aromatic rings. The molecule has 0 radical (unpaired) electrons. The first-order valence-electron chi connectivity index (χ1n) is 8.23. The van der Waals surface area contributed by atoms with E-state index in [1.54, 1.807) is 0 Å². The molecule has 0 aliphatic heterocycles. The number of fused-ring (bicyclic) bond motifs is 2. The van der Waals surface area contributed by atoms with Gasteiger partial charge in [-0.2, -0.15) is 0 Å². The zero-order valence-corrected chi connectivity index (χ0v) is 13.6. The maximum absolute atomic E-state index is 2.54. The fraction of sp³-hybridized carbons (Fsp3) is 1.00. The molecule has 2 aliphatic rings. The zero-order valence-electron chi connectivity index (χ0n) is 13.6. The Balaban J connectivity index is 2.17. The van der Waals surface area contributed by atoms with Crippen molar-refractivity contribution in [3.05, 3.63) is 0 Å². The molecule has 2 aliphatic carbocycles. The molecule has 0 saturated heterocycles. The van der Waals surface area contributed by atoms with Crippen molar-refractivity contribution >= 4 is 15.7 Å². The van der Waals surface area contributed by atoms with Crippen LogP contribution < -0.4 is 0 Å². The molecule has 0 aromatic carbocycles. The summed E-state index contributed by atoms with van der Waals surface area (Å²) in [6.45, 7) is 9.86. The SMILES string of the molecule is BC(B)(C1CC2CCCCC(C1)C2C)C(C)(C)C. The van der Waals surface area contributed by atoms with Crippen molar-refractivity contribution in [3.63, 3.8) is 0 Å². The van der Waals surface area contributed by atoms with E-state index in [1.165, 1.54) is 38.5 Å². The summed E-state index contributed by atoms with van der Waals surface area (Å²) >= 11 is 0. The summed E-state index contributed by atoms with van der Waals surface area (Å²) in [6.07, 6.45) is 9.01. The van der Waals surface area contributed by atoms with Gasteiger partial charge in [-0.3, -0.25) is 0 Å². The van der Waals surface area contributed by atoms with Crippen LogP contribution in [-0.4, -0.2) is 15.7 Å². The van der Waals surface area contributed by atoms with E-state index in [4.69, 9.17) is 0 Å². The molecular formula is C16H32B2. The van der Waals surface area contributed by atoms with Gasteiger partial charge in [-0.15, -0.1) is 0 Å². The van der Waals surface area contributed by atoms with E-state index in [0.717, 1.165) is 23.7 Å². The highest BCUT2D eigenvalue weighted by Gasteiger charge is 2.45. The van der Waals surface area contributed by atoms with Crippen LogP contribution in [0, 0.1) is 29.1 Å². The third kappa shape index (κ3) is 2.54. The second-order valence-electron chi connectivity index (χ2n) is 8.80. The Hall–Kier alpha value is 0.130. The first-order chi connectivity index (χ1) is 8.23. The molecule has 0 N–H and O–H groups in total. The van der Waals surface area contributed by atoms with Crippen LogP contribution in [0.15, 0.2) is 0 Å². The Kier molecular flexibility index (Phi) is 3.96. The molecule has 2 atom stereocenters. The third-order valence-corrected chi connectivity index (χ3v) is 7.02. The number of hydrogen-bond donors (Lipinski definition) is 0. The van der Waals surface area contributed by atoms with E-state index in [0.29, 0.717) is 10.6 Å². The summed E-state index contributed by atoms with van der Waals surface area (Å²) < 4.78 is 0. The van der Waals surface area contributed by atoms with Gasteiger partial charge in [-0.25, -0.2) is 0 Å². The molecule has 2 heteroatoms. The van der Waals surface area contributed by atoms with Gasteiger partial charge >= 0.3 is 0 Å². The van der Waals surface area contributed by atoms with E-state index in [2.05, 4.69) is 43.4 Å². The van der Waals surface area contributed by atoms with Gasteiger partial charge in [0.15, 0.2) is 0 Å². The Morgan fingerprint density at radius 1 is 0.889 bits per heavy atom. The van der Waals surface area contributed by atoms with Gasteiger partial charge < -0.3 is 0 Å². The number of rotatable bonds is 1. The van der Waals surface area contributed by atoms with Crippen LogP contribution in [0.3, 0.4) is 0 Å². The molecule has 0 amide bonds. The lowest BCUT2D eigenvalue weighted by atomic mass is 9.36. The maximum Gasteiger partial charge on any atom is 0.100 e. The molecule has 102 valence electrons. The van der Waals surface area contributed by atoms with Crippen LogP contribution in [-0.2, 0) is 0 Å². The lowest BCUT2D eigenvalue weighted by molar-refractivity contribution is 0.0844. The van der Waals surface area contributed by atoms with Crippen LogP contribution in [0.1, 0.15) is 66.2 Å². The van der Waals surface area contributed by atoms with Crippen LogP contribution in [0.2, 0.25) is 5.21 Å². The van der Waals surface area contributed by atoms with Crippen LogP contribution in [0.25, 0.3) is 0 Å². The van der Waals surface area contributed by atoms with Gasteiger partial charge in [-0.1, -0.05) is 58.6 Å². The van der Waals surface area contributed by atoms with Crippen molar-refractivity contribution in [1.29, 1.82) is 0 Å². The van der Waals surface area contributed by atoms with E-state index in [9.17, 15) is 0 Å². The Bertz CT molecular complexity index is 274. The van der Waals surface area contributed by atoms with Gasteiger partial charge in [0.25, 0.3) is 0 Å². The Morgan fingerprint density at radius 2 is 1.33 bits per heavy atom. The molecule has 2 saturated carbocycles. The topological polar surface area (TPSA) is 0 Å². The fourth-order valence-electron chi connectivity index (χ4n) is 4.42. The van der Waals surface area contributed by atoms with Crippen LogP contribution in [0.5, 0.6) is 0 Å². The van der Waals surface area contributed by atoms with Gasteiger partial charge in [0, 0.05) is 0 Å². The molecular weight excluding hydrogens is 214 g/mol. The van der Waals surface area contributed by atoms with E-state index in [-0.39, 0.29) is 0 Å². The second-order valence-corrected chi connectivity index (χ2v) is 8.80.